The van der Waals surface area contributed by atoms with Crippen LogP contribution in [0, 0.1) is 0 Å². The van der Waals surface area contributed by atoms with Crippen LogP contribution < -0.4 is 0 Å². The molecule has 40 heavy (non-hydrogen) atoms. The van der Waals surface area contributed by atoms with Crippen molar-refractivity contribution in [2.45, 2.75) is 57.4 Å². The highest BCUT2D eigenvalue weighted by Gasteiger charge is 2.26. The molecule has 5 aromatic rings. The molecule has 1 saturated carbocycles. The Balaban J connectivity index is 1.37. The molecule has 0 saturated heterocycles. The Morgan fingerprint density at radius 2 is 1.55 bits per heavy atom. The molecule has 2 N–H and O–H groups in total. The maximum atomic E-state index is 11.7. The minimum Gasteiger partial charge on any atom is -0.491 e. The van der Waals surface area contributed by atoms with Gasteiger partial charge in [0.05, 0.1) is 11.3 Å². The lowest BCUT2D eigenvalue weighted by Gasteiger charge is -2.22. The smallest absolute Gasteiger partial charge is 0.336 e. The van der Waals surface area contributed by atoms with E-state index in [-0.39, 0.29) is 11.4 Å². The second-order valence-corrected chi connectivity index (χ2v) is 10.6. The van der Waals surface area contributed by atoms with Crippen LogP contribution in [0.1, 0.15) is 71.0 Å². The summed E-state index contributed by atoms with van der Waals surface area (Å²) < 4.78 is 2.13. The molecule has 1 aliphatic rings. The number of fused-ring (bicyclic) bond motifs is 1. The average Bonchev–Trinajstić information content (AvgIpc) is 3.38. The zero-order valence-corrected chi connectivity index (χ0v) is 22.3. The van der Waals surface area contributed by atoms with E-state index in [1.165, 1.54) is 24.8 Å². The summed E-state index contributed by atoms with van der Waals surface area (Å²) in [6, 6.07) is 25.3. The Labute approximate surface area is 233 Å². The summed E-state index contributed by atoms with van der Waals surface area (Å²) in [7, 11) is 0. The molecule has 1 aliphatic carbocycles. The Hall–Kier alpha value is -4.52. The number of aromatic hydroxyl groups is 1. The van der Waals surface area contributed by atoms with Gasteiger partial charge in [0.2, 0.25) is 0 Å². The molecule has 0 spiro atoms. The van der Waals surface area contributed by atoms with Gasteiger partial charge >= 0.3 is 5.97 Å². The van der Waals surface area contributed by atoms with Crippen LogP contribution in [0.3, 0.4) is 0 Å². The Morgan fingerprint density at radius 1 is 0.825 bits per heavy atom. The van der Waals surface area contributed by atoms with Crippen molar-refractivity contribution in [3.05, 3.63) is 107 Å². The van der Waals surface area contributed by atoms with Gasteiger partial charge in [-0.25, -0.2) is 9.78 Å². The molecular weight excluding hydrogens is 500 g/mol. The van der Waals surface area contributed by atoms with E-state index < -0.39 is 5.97 Å². The first-order valence-corrected chi connectivity index (χ1v) is 14.0. The van der Waals surface area contributed by atoms with Crippen molar-refractivity contribution in [3.63, 3.8) is 0 Å². The number of aryl methyl sites for hydroxylation is 2. The van der Waals surface area contributed by atoms with Gasteiger partial charge in [0.1, 0.15) is 16.9 Å². The van der Waals surface area contributed by atoms with Gasteiger partial charge in [-0.3, -0.25) is 0 Å². The molecule has 202 valence electrons. The van der Waals surface area contributed by atoms with E-state index in [4.69, 9.17) is 4.98 Å². The molecule has 6 rings (SSSR count). The fraction of sp³-hybridized carbons (Fsp3) is 0.273. The van der Waals surface area contributed by atoms with Crippen molar-refractivity contribution in [1.29, 1.82) is 0 Å². The van der Waals surface area contributed by atoms with E-state index in [9.17, 15) is 15.0 Å². The number of carboxylic acids is 1. The molecule has 2 aromatic heterocycles. The van der Waals surface area contributed by atoms with E-state index in [1.54, 1.807) is 12.1 Å². The molecule has 7 heteroatoms. The minimum atomic E-state index is -0.943. The lowest BCUT2D eigenvalue weighted by Crippen LogP contribution is -2.13. The number of benzene rings is 3. The summed E-state index contributed by atoms with van der Waals surface area (Å²) in [5.41, 5.74) is 6.25. The maximum Gasteiger partial charge on any atom is 0.336 e. The first-order valence-electron chi connectivity index (χ1n) is 14.0. The third kappa shape index (κ3) is 5.19. The minimum absolute atomic E-state index is 0.0972. The van der Waals surface area contributed by atoms with Gasteiger partial charge in [-0.15, -0.1) is 10.2 Å². The summed E-state index contributed by atoms with van der Waals surface area (Å²) in [4.78, 5) is 16.9. The zero-order valence-electron chi connectivity index (χ0n) is 22.3. The highest BCUT2D eigenvalue weighted by atomic mass is 16.4. The molecule has 0 bridgehead atoms. The Kier molecular flexibility index (Phi) is 7.27. The normalized spacial score (nSPS) is 14.0. The number of hydrogen-bond donors (Lipinski definition) is 2. The molecule has 0 atom stereocenters. The predicted octanol–water partition coefficient (Wildman–Crippen LogP) is 6.78. The van der Waals surface area contributed by atoms with Crippen molar-refractivity contribution in [3.8, 4) is 17.0 Å². The van der Waals surface area contributed by atoms with E-state index in [0.717, 1.165) is 47.4 Å². The summed E-state index contributed by atoms with van der Waals surface area (Å²) in [6.45, 7) is 0.528. The van der Waals surface area contributed by atoms with Crippen LogP contribution >= 0.6 is 0 Å². The number of hydrogen-bond acceptors (Lipinski definition) is 5. The van der Waals surface area contributed by atoms with E-state index >= 15 is 0 Å². The van der Waals surface area contributed by atoms with Crippen molar-refractivity contribution in [2.75, 3.05) is 0 Å². The van der Waals surface area contributed by atoms with E-state index in [2.05, 4.69) is 26.9 Å². The summed E-state index contributed by atoms with van der Waals surface area (Å²) in [6.07, 6.45) is 7.26. The number of carboxylic acid groups (broad SMARTS) is 1. The van der Waals surface area contributed by atoms with Crippen molar-refractivity contribution in [1.82, 2.24) is 19.7 Å². The number of carbonyl (C=O) groups is 1. The largest absolute Gasteiger partial charge is 0.491 e. The van der Waals surface area contributed by atoms with Crippen LogP contribution in [0.5, 0.6) is 5.88 Å². The molecule has 0 radical (unpaired) electrons. The van der Waals surface area contributed by atoms with Crippen LogP contribution in [0.15, 0.2) is 78.9 Å². The quantitative estimate of drug-likeness (QED) is 0.228. The highest BCUT2D eigenvalue weighted by molar-refractivity contribution is 5.96. The number of aromatic nitrogens is 4. The number of imidazole rings is 1. The Morgan fingerprint density at radius 3 is 2.30 bits per heavy atom. The van der Waals surface area contributed by atoms with Gasteiger partial charge in [-0.1, -0.05) is 92.1 Å². The second kappa shape index (κ2) is 11.3. The maximum absolute atomic E-state index is 11.7. The van der Waals surface area contributed by atoms with Crippen LogP contribution in [-0.4, -0.2) is 35.9 Å². The molecule has 1 fully saturated rings. The Bertz CT molecular complexity index is 1640. The predicted molar refractivity (Wildman–Crippen MR) is 155 cm³/mol. The lowest BCUT2D eigenvalue weighted by atomic mass is 9.88. The fourth-order valence-electron chi connectivity index (χ4n) is 5.90. The van der Waals surface area contributed by atoms with Gasteiger partial charge in [-0.05, 0) is 54.0 Å². The SMILES string of the molecule is O=C(O)c1ccccc1-c1ccc(Cn2c(C3CCCCC3)nc3c(CCc4ccccc4)nnc(O)c32)cc1. The molecule has 2 heterocycles. The molecule has 3 aromatic carbocycles. The van der Waals surface area contributed by atoms with Crippen LogP contribution in [-0.2, 0) is 19.4 Å². The van der Waals surface area contributed by atoms with Gasteiger partial charge in [-0.2, -0.15) is 0 Å². The van der Waals surface area contributed by atoms with Crippen LogP contribution in [0.4, 0.5) is 0 Å². The van der Waals surface area contributed by atoms with Gasteiger partial charge < -0.3 is 14.8 Å². The number of aromatic carboxylic acids is 1. The van der Waals surface area contributed by atoms with E-state index in [1.807, 2.05) is 54.6 Å². The van der Waals surface area contributed by atoms with Gasteiger partial charge in [0.25, 0.3) is 5.88 Å². The van der Waals surface area contributed by atoms with Gasteiger partial charge in [0.15, 0.2) is 0 Å². The summed E-state index contributed by atoms with van der Waals surface area (Å²) in [5, 5.41) is 29.1. The first-order chi connectivity index (χ1) is 19.6. The summed E-state index contributed by atoms with van der Waals surface area (Å²) >= 11 is 0. The lowest BCUT2D eigenvalue weighted by molar-refractivity contribution is 0.0697. The molecule has 0 unspecified atom stereocenters. The highest BCUT2D eigenvalue weighted by Crippen LogP contribution is 2.37. The van der Waals surface area contributed by atoms with Crippen molar-refractivity contribution >= 4 is 17.0 Å². The third-order valence-electron chi connectivity index (χ3n) is 7.97. The standard InChI is InChI=1S/C33H32N4O3/c38-32-30-29(28(35-36-32)20-17-22-9-3-1-4-10-22)34-31(25-11-5-2-6-12-25)37(30)21-23-15-18-24(19-16-23)26-13-7-8-14-27(26)33(39)40/h1,3-4,7-10,13-16,18-19,25H,2,5-6,11-12,17,20-21H2,(H,36,38)(H,39,40). The van der Waals surface area contributed by atoms with E-state index in [0.29, 0.717) is 30.0 Å². The molecule has 0 aliphatic heterocycles. The number of nitrogens with zero attached hydrogens (tertiary/aromatic N) is 4. The third-order valence-corrected chi connectivity index (χ3v) is 7.97. The molecule has 7 nitrogen and oxygen atoms in total. The topological polar surface area (TPSA) is 101 Å². The van der Waals surface area contributed by atoms with Crippen molar-refractivity contribution < 1.29 is 15.0 Å². The zero-order chi connectivity index (χ0) is 27.5. The molecule has 0 amide bonds. The fourth-order valence-corrected chi connectivity index (χ4v) is 5.90. The van der Waals surface area contributed by atoms with Crippen LogP contribution in [0.25, 0.3) is 22.2 Å². The molecular formula is C33H32N4O3. The van der Waals surface area contributed by atoms with Crippen molar-refractivity contribution in [2.24, 2.45) is 0 Å². The number of rotatable bonds is 8. The average molecular weight is 533 g/mol. The second-order valence-electron chi connectivity index (χ2n) is 10.6. The van der Waals surface area contributed by atoms with Crippen LogP contribution in [0.2, 0.25) is 0 Å². The first kappa shape index (κ1) is 25.7. The van der Waals surface area contributed by atoms with Gasteiger partial charge in [0, 0.05) is 12.5 Å². The monoisotopic (exact) mass is 532 g/mol. The summed E-state index contributed by atoms with van der Waals surface area (Å²) in [5.74, 6) is 0.270.